The summed E-state index contributed by atoms with van der Waals surface area (Å²) in [7, 11) is -2.93. The Morgan fingerprint density at radius 1 is 1.39 bits per heavy atom. The van der Waals surface area contributed by atoms with Crippen molar-refractivity contribution in [1.82, 2.24) is 14.9 Å². The molecular formula is C11H21N3O2S2. The van der Waals surface area contributed by atoms with Gasteiger partial charge in [-0.15, -0.1) is 5.10 Å². The van der Waals surface area contributed by atoms with Crippen LogP contribution in [0, 0.1) is 0 Å². The molecule has 0 fully saturated rings. The van der Waals surface area contributed by atoms with Crippen LogP contribution in [0.4, 0.5) is 0 Å². The van der Waals surface area contributed by atoms with Gasteiger partial charge in [0, 0.05) is 12.3 Å². The number of sulfone groups is 1. The standard InChI is InChI=1S/C11H21N3O2S2/c1-4-7-12-10(6-8-18(3,15)16)11-9(5-2)13-14-17-11/h10,12H,4-8H2,1-3H3. The summed E-state index contributed by atoms with van der Waals surface area (Å²) < 4.78 is 26.5. The first-order valence-corrected chi connectivity index (χ1v) is 9.03. The summed E-state index contributed by atoms with van der Waals surface area (Å²) in [6, 6.07) is 0.0506. The number of hydrogen-bond acceptors (Lipinski definition) is 6. The van der Waals surface area contributed by atoms with Crippen molar-refractivity contribution in [2.45, 2.75) is 39.2 Å². The summed E-state index contributed by atoms with van der Waals surface area (Å²) in [6.45, 7) is 5.00. The molecule has 0 saturated carbocycles. The molecule has 1 unspecified atom stereocenters. The van der Waals surface area contributed by atoms with E-state index in [0.29, 0.717) is 6.42 Å². The third-order valence-electron chi connectivity index (χ3n) is 2.65. The van der Waals surface area contributed by atoms with Crippen LogP contribution in [0.3, 0.4) is 0 Å². The first kappa shape index (κ1) is 15.5. The highest BCUT2D eigenvalue weighted by Gasteiger charge is 2.19. The van der Waals surface area contributed by atoms with Crippen molar-refractivity contribution in [2.24, 2.45) is 0 Å². The average molecular weight is 291 g/mol. The molecule has 0 aromatic carbocycles. The van der Waals surface area contributed by atoms with E-state index in [-0.39, 0.29) is 11.8 Å². The summed E-state index contributed by atoms with van der Waals surface area (Å²) in [5.74, 6) is 0.190. The summed E-state index contributed by atoms with van der Waals surface area (Å²) in [5.41, 5.74) is 0.974. The lowest BCUT2D eigenvalue weighted by Crippen LogP contribution is -2.24. The number of aryl methyl sites for hydroxylation is 1. The van der Waals surface area contributed by atoms with Gasteiger partial charge in [0.2, 0.25) is 0 Å². The molecule has 0 amide bonds. The zero-order chi connectivity index (χ0) is 13.6. The third kappa shape index (κ3) is 4.99. The molecule has 1 aromatic heterocycles. The van der Waals surface area contributed by atoms with Crippen molar-refractivity contribution in [2.75, 3.05) is 18.6 Å². The summed E-state index contributed by atoms with van der Waals surface area (Å²) in [5, 5.41) is 7.47. The van der Waals surface area contributed by atoms with Crippen LogP contribution in [0.5, 0.6) is 0 Å². The molecule has 5 nitrogen and oxygen atoms in total. The van der Waals surface area contributed by atoms with Crippen molar-refractivity contribution in [3.8, 4) is 0 Å². The molecule has 1 aromatic rings. The Morgan fingerprint density at radius 2 is 2.11 bits per heavy atom. The summed E-state index contributed by atoms with van der Waals surface area (Å²) in [6.07, 6.45) is 3.70. The molecule has 0 spiro atoms. The van der Waals surface area contributed by atoms with Gasteiger partial charge in [-0.2, -0.15) is 0 Å². The smallest absolute Gasteiger partial charge is 0.147 e. The molecule has 18 heavy (non-hydrogen) atoms. The number of aromatic nitrogens is 2. The van der Waals surface area contributed by atoms with Gasteiger partial charge in [0.1, 0.15) is 9.84 Å². The molecular weight excluding hydrogens is 270 g/mol. The minimum atomic E-state index is -2.93. The lowest BCUT2D eigenvalue weighted by molar-refractivity contribution is 0.516. The van der Waals surface area contributed by atoms with Gasteiger partial charge in [0.25, 0.3) is 0 Å². The SMILES string of the molecule is CCCNC(CCS(C)(=O)=O)c1snnc1CC. The van der Waals surface area contributed by atoms with Crippen molar-refractivity contribution in [3.05, 3.63) is 10.6 Å². The van der Waals surface area contributed by atoms with Crippen LogP contribution in [0.1, 0.15) is 43.3 Å². The fourth-order valence-corrected chi connectivity index (χ4v) is 3.21. The predicted octanol–water partition coefficient (Wildman–Crippen LogP) is 1.58. The quantitative estimate of drug-likeness (QED) is 0.787. The summed E-state index contributed by atoms with van der Waals surface area (Å²) in [4.78, 5) is 1.08. The maximum atomic E-state index is 11.3. The van der Waals surface area contributed by atoms with E-state index in [1.54, 1.807) is 0 Å². The Labute approximate surface area is 113 Å². The monoisotopic (exact) mass is 291 g/mol. The van der Waals surface area contributed by atoms with Crippen molar-refractivity contribution in [1.29, 1.82) is 0 Å². The molecule has 104 valence electrons. The zero-order valence-electron chi connectivity index (χ0n) is 11.1. The van der Waals surface area contributed by atoms with E-state index < -0.39 is 9.84 Å². The third-order valence-corrected chi connectivity index (χ3v) is 4.51. The van der Waals surface area contributed by atoms with Crippen LogP contribution in [-0.2, 0) is 16.3 Å². The normalized spacial score (nSPS) is 13.7. The van der Waals surface area contributed by atoms with Crippen molar-refractivity contribution < 1.29 is 8.42 Å². The van der Waals surface area contributed by atoms with Crippen LogP contribution >= 0.6 is 11.5 Å². The van der Waals surface area contributed by atoms with Gasteiger partial charge in [0.15, 0.2) is 0 Å². The fourth-order valence-electron chi connectivity index (χ4n) is 1.70. The van der Waals surface area contributed by atoms with E-state index in [1.807, 2.05) is 6.92 Å². The Morgan fingerprint density at radius 3 is 2.67 bits per heavy atom. The first-order valence-electron chi connectivity index (χ1n) is 6.20. The molecule has 0 radical (unpaired) electrons. The molecule has 0 aliphatic heterocycles. The molecule has 1 rings (SSSR count). The van der Waals surface area contributed by atoms with E-state index in [4.69, 9.17) is 0 Å². The molecule has 1 heterocycles. The van der Waals surface area contributed by atoms with E-state index >= 15 is 0 Å². The highest BCUT2D eigenvalue weighted by molar-refractivity contribution is 7.90. The number of nitrogens with one attached hydrogen (secondary N) is 1. The van der Waals surface area contributed by atoms with Crippen molar-refractivity contribution >= 4 is 21.4 Å². The zero-order valence-corrected chi connectivity index (χ0v) is 12.8. The number of hydrogen-bond donors (Lipinski definition) is 1. The average Bonchev–Trinajstić information content (AvgIpc) is 2.76. The van der Waals surface area contributed by atoms with Gasteiger partial charge in [-0.1, -0.05) is 18.3 Å². The Hall–Kier alpha value is -0.530. The molecule has 0 aliphatic rings. The number of nitrogens with zero attached hydrogens (tertiary/aromatic N) is 2. The van der Waals surface area contributed by atoms with E-state index in [9.17, 15) is 8.42 Å². The second-order valence-corrected chi connectivity index (χ2v) is 7.41. The molecule has 0 aliphatic carbocycles. The Bertz CT molecular complexity index is 457. The van der Waals surface area contributed by atoms with Gasteiger partial charge in [0.05, 0.1) is 16.3 Å². The van der Waals surface area contributed by atoms with Crippen molar-refractivity contribution in [3.63, 3.8) is 0 Å². The molecule has 1 atom stereocenters. The van der Waals surface area contributed by atoms with Crippen LogP contribution in [0.25, 0.3) is 0 Å². The minimum absolute atomic E-state index is 0.0506. The first-order chi connectivity index (χ1) is 8.48. The van der Waals surface area contributed by atoms with Crippen LogP contribution < -0.4 is 5.32 Å². The van der Waals surface area contributed by atoms with Gasteiger partial charge in [-0.25, -0.2) is 8.42 Å². The predicted molar refractivity (Wildman–Crippen MR) is 74.6 cm³/mol. The van der Waals surface area contributed by atoms with Crippen LogP contribution in [-0.4, -0.2) is 36.6 Å². The topological polar surface area (TPSA) is 72.0 Å². The lowest BCUT2D eigenvalue weighted by atomic mass is 10.1. The minimum Gasteiger partial charge on any atom is -0.309 e. The fraction of sp³-hybridized carbons (Fsp3) is 0.818. The largest absolute Gasteiger partial charge is 0.309 e. The Kier molecular flexibility index (Phi) is 6.17. The maximum absolute atomic E-state index is 11.3. The van der Waals surface area contributed by atoms with Crippen LogP contribution in [0.2, 0.25) is 0 Å². The Balaban J connectivity index is 2.77. The highest BCUT2D eigenvalue weighted by Crippen LogP contribution is 2.24. The van der Waals surface area contributed by atoms with E-state index in [1.165, 1.54) is 17.8 Å². The van der Waals surface area contributed by atoms with Crippen LogP contribution in [0.15, 0.2) is 0 Å². The highest BCUT2D eigenvalue weighted by atomic mass is 32.2. The van der Waals surface area contributed by atoms with Gasteiger partial charge >= 0.3 is 0 Å². The summed E-state index contributed by atoms with van der Waals surface area (Å²) >= 11 is 1.36. The lowest BCUT2D eigenvalue weighted by Gasteiger charge is -2.17. The van der Waals surface area contributed by atoms with Gasteiger partial charge in [-0.3, -0.25) is 0 Å². The number of rotatable bonds is 8. The van der Waals surface area contributed by atoms with Gasteiger partial charge < -0.3 is 5.32 Å². The molecule has 1 N–H and O–H groups in total. The second kappa shape index (κ2) is 7.16. The molecule has 0 bridgehead atoms. The maximum Gasteiger partial charge on any atom is 0.147 e. The van der Waals surface area contributed by atoms with Gasteiger partial charge in [-0.05, 0) is 37.3 Å². The van der Waals surface area contributed by atoms with E-state index in [2.05, 4.69) is 21.8 Å². The van der Waals surface area contributed by atoms with E-state index in [0.717, 1.165) is 30.0 Å². The molecule has 0 saturated heterocycles. The second-order valence-electron chi connectivity index (χ2n) is 4.36. The molecule has 7 heteroatoms.